The van der Waals surface area contributed by atoms with Crippen molar-refractivity contribution in [3.63, 3.8) is 0 Å². The van der Waals surface area contributed by atoms with Crippen molar-refractivity contribution in [3.8, 4) is 0 Å². The molecule has 0 aromatic heterocycles. The van der Waals surface area contributed by atoms with Gasteiger partial charge in [0.1, 0.15) is 12.2 Å². The van der Waals surface area contributed by atoms with E-state index in [1.807, 2.05) is 0 Å². The summed E-state index contributed by atoms with van der Waals surface area (Å²) in [4.78, 5) is 22.4. The number of carbonyl (C=O) groups is 2. The van der Waals surface area contributed by atoms with Gasteiger partial charge in [0.05, 0.1) is 19.6 Å². The van der Waals surface area contributed by atoms with Crippen LogP contribution in [0.25, 0.3) is 0 Å². The molecule has 2 aliphatic heterocycles. The van der Waals surface area contributed by atoms with Crippen molar-refractivity contribution in [2.24, 2.45) is 0 Å². The van der Waals surface area contributed by atoms with Crippen LogP contribution in [0, 0.1) is 0 Å². The number of hydrogen-bond acceptors (Lipinski definition) is 8. The number of esters is 2. The summed E-state index contributed by atoms with van der Waals surface area (Å²) in [5.74, 6) is -1.43. The molecule has 0 aromatic rings. The van der Waals surface area contributed by atoms with Crippen molar-refractivity contribution >= 4 is 22.1 Å². The van der Waals surface area contributed by atoms with Crippen LogP contribution in [0.5, 0.6) is 0 Å². The summed E-state index contributed by atoms with van der Waals surface area (Å²) in [6, 6.07) is 0. The lowest BCUT2D eigenvalue weighted by molar-refractivity contribution is -0.148. The van der Waals surface area contributed by atoms with Crippen LogP contribution in [-0.2, 0) is 38.1 Å². The van der Waals surface area contributed by atoms with Crippen LogP contribution in [0.1, 0.15) is 12.8 Å². The molecule has 0 amide bonds. The maximum atomic E-state index is 11.9. The number of ether oxygens (including phenoxy) is 3. The number of fused-ring (bicyclic) bond motifs is 2. The maximum Gasteiger partial charge on any atom is 0.331 e. The Labute approximate surface area is 115 Å². The predicted molar refractivity (Wildman–Crippen MR) is 63.8 cm³/mol. The van der Waals surface area contributed by atoms with E-state index in [1.54, 1.807) is 0 Å². The monoisotopic (exact) mass is 306 g/mol. The molecule has 0 radical (unpaired) electrons. The average Bonchev–Trinajstić information content (AvgIpc) is 2.72. The molecule has 4 atom stereocenters. The van der Waals surface area contributed by atoms with Gasteiger partial charge in [0.25, 0.3) is 5.44 Å². The highest BCUT2D eigenvalue weighted by Crippen LogP contribution is 2.37. The van der Waals surface area contributed by atoms with Gasteiger partial charge in [-0.25, -0.2) is 4.79 Å². The van der Waals surface area contributed by atoms with E-state index < -0.39 is 45.8 Å². The second-order valence-electron chi connectivity index (χ2n) is 4.37. The van der Waals surface area contributed by atoms with Crippen LogP contribution in [0.15, 0.2) is 12.7 Å². The Morgan fingerprint density at radius 1 is 1.40 bits per heavy atom. The molecule has 0 N–H and O–H groups in total. The first-order valence-corrected chi connectivity index (χ1v) is 7.32. The first-order chi connectivity index (χ1) is 9.37. The third-order valence-corrected chi connectivity index (χ3v) is 4.55. The van der Waals surface area contributed by atoms with Crippen molar-refractivity contribution in [1.29, 1.82) is 0 Å². The number of carbonyl (C=O) groups excluding carboxylic acids is 2. The normalized spacial score (nSPS) is 34.2. The van der Waals surface area contributed by atoms with Crippen molar-refractivity contribution in [3.05, 3.63) is 12.7 Å². The van der Waals surface area contributed by atoms with E-state index >= 15 is 0 Å². The highest BCUT2D eigenvalue weighted by molar-refractivity contribution is 7.87. The van der Waals surface area contributed by atoms with E-state index in [2.05, 4.69) is 11.3 Å². The van der Waals surface area contributed by atoms with Gasteiger partial charge in [-0.2, -0.15) is 8.42 Å². The molecule has 4 unspecified atom stereocenters. The molecule has 0 spiro atoms. The minimum Gasteiger partial charge on any atom is -0.469 e. The van der Waals surface area contributed by atoms with Crippen molar-refractivity contribution < 1.29 is 36.4 Å². The quantitative estimate of drug-likeness (QED) is 0.388. The standard InChI is InChI=1S/C11H14O8S/c1-3-9(12)18-11-8-4-7(19-20(11,14)15)6(17-8)5-10(13)16-2/h3,6-8,11H,1,4-5H2,2H3. The van der Waals surface area contributed by atoms with E-state index in [4.69, 9.17) is 13.7 Å². The van der Waals surface area contributed by atoms with Crippen LogP contribution in [0.4, 0.5) is 0 Å². The van der Waals surface area contributed by atoms with Gasteiger partial charge in [-0.05, 0) is 0 Å². The minimum atomic E-state index is -4.11. The lowest BCUT2D eigenvalue weighted by Gasteiger charge is -2.25. The molecule has 2 saturated heterocycles. The summed E-state index contributed by atoms with van der Waals surface area (Å²) in [5.41, 5.74) is -1.55. The first kappa shape index (κ1) is 14.9. The van der Waals surface area contributed by atoms with E-state index in [-0.39, 0.29) is 12.8 Å². The van der Waals surface area contributed by atoms with E-state index in [0.717, 1.165) is 6.08 Å². The zero-order valence-corrected chi connectivity index (χ0v) is 11.5. The molecule has 8 nitrogen and oxygen atoms in total. The molecular weight excluding hydrogens is 292 g/mol. The van der Waals surface area contributed by atoms with Gasteiger partial charge in [0, 0.05) is 12.5 Å². The van der Waals surface area contributed by atoms with Crippen LogP contribution < -0.4 is 0 Å². The highest BCUT2D eigenvalue weighted by atomic mass is 32.2. The van der Waals surface area contributed by atoms with Crippen LogP contribution in [0.3, 0.4) is 0 Å². The Hall–Kier alpha value is -1.45. The molecule has 0 aromatic carbocycles. The molecule has 2 bridgehead atoms. The third kappa shape index (κ3) is 2.84. The zero-order valence-electron chi connectivity index (χ0n) is 10.7. The van der Waals surface area contributed by atoms with Crippen molar-refractivity contribution in [1.82, 2.24) is 0 Å². The Morgan fingerprint density at radius 2 is 2.10 bits per heavy atom. The molecule has 20 heavy (non-hydrogen) atoms. The van der Waals surface area contributed by atoms with E-state index in [1.165, 1.54) is 7.11 Å². The maximum absolute atomic E-state index is 11.9. The summed E-state index contributed by atoms with van der Waals surface area (Å²) in [6.07, 6.45) is -1.44. The molecule has 112 valence electrons. The minimum absolute atomic E-state index is 0.130. The van der Waals surface area contributed by atoms with Gasteiger partial charge in [0.15, 0.2) is 0 Å². The summed E-state index contributed by atoms with van der Waals surface area (Å²) in [7, 11) is -2.89. The number of hydrogen-bond donors (Lipinski definition) is 0. The van der Waals surface area contributed by atoms with Gasteiger partial charge in [-0.1, -0.05) is 6.58 Å². The summed E-state index contributed by atoms with van der Waals surface area (Å²) in [5, 5.41) is 0. The highest BCUT2D eigenvalue weighted by Gasteiger charge is 2.54. The fraction of sp³-hybridized carbons (Fsp3) is 0.636. The lowest BCUT2D eigenvalue weighted by Crippen LogP contribution is -2.43. The molecule has 2 heterocycles. The Morgan fingerprint density at radius 3 is 2.70 bits per heavy atom. The fourth-order valence-corrected chi connectivity index (χ4v) is 3.58. The van der Waals surface area contributed by atoms with Crippen LogP contribution in [0.2, 0.25) is 0 Å². The molecule has 2 rings (SSSR count). The predicted octanol–water partition coefficient (Wildman–Crippen LogP) is -0.509. The van der Waals surface area contributed by atoms with Crippen molar-refractivity contribution in [2.45, 2.75) is 36.6 Å². The van der Waals surface area contributed by atoms with E-state index in [9.17, 15) is 18.0 Å². The average molecular weight is 306 g/mol. The van der Waals surface area contributed by atoms with Crippen LogP contribution in [-0.4, -0.2) is 51.2 Å². The molecule has 0 saturated carbocycles. The van der Waals surface area contributed by atoms with Gasteiger partial charge < -0.3 is 14.2 Å². The molecule has 2 aliphatic rings. The fourth-order valence-electron chi connectivity index (χ4n) is 2.16. The van der Waals surface area contributed by atoms with E-state index in [0.29, 0.717) is 0 Å². The topological polar surface area (TPSA) is 105 Å². The van der Waals surface area contributed by atoms with Gasteiger partial charge in [-0.15, -0.1) is 0 Å². The first-order valence-electron chi connectivity index (χ1n) is 5.85. The third-order valence-electron chi connectivity index (χ3n) is 3.07. The Balaban J connectivity index is 2.14. The van der Waals surface area contributed by atoms with Gasteiger partial charge in [-0.3, -0.25) is 8.98 Å². The molecule has 9 heteroatoms. The largest absolute Gasteiger partial charge is 0.469 e. The zero-order chi connectivity index (χ0) is 14.9. The second kappa shape index (κ2) is 5.51. The molecule has 2 fully saturated rings. The Bertz CT molecular complexity index is 525. The van der Waals surface area contributed by atoms with Gasteiger partial charge >= 0.3 is 22.1 Å². The lowest BCUT2D eigenvalue weighted by atomic mass is 10.1. The molecule has 0 aliphatic carbocycles. The van der Waals surface area contributed by atoms with Crippen molar-refractivity contribution in [2.75, 3.05) is 7.11 Å². The summed E-state index contributed by atoms with van der Waals surface area (Å²) < 4.78 is 43.3. The number of rotatable bonds is 4. The number of methoxy groups -OCH3 is 1. The van der Waals surface area contributed by atoms with Crippen LogP contribution >= 0.6 is 0 Å². The van der Waals surface area contributed by atoms with Gasteiger partial charge in [0.2, 0.25) is 0 Å². The summed E-state index contributed by atoms with van der Waals surface area (Å²) >= 11 is 0. The second-order valence-corrected chi connectivity index (χ2v) is 6.01. The molecular formula is C11H14O8S. The smallest absolute Gasteiger partial charge is 0.331 e. The Kier molecular flexibility index (Phi) is 4.11. The SMILES string of the molecule is C=CC(=O)OC1C2CC(OS1(=O)=O)C(CC(=O)OC)O2. The summed E-state index contributed by atoms with van der Waals surface area (Å²) in [6.45, 7) is 3.19.